The molecule has 0 fully saturated rings. The molecule has 0 aromatic heterocycles. The van der Waals surface area contributed by atoms with Gasteiger partial charge in [0.1, 0.15) is 5.75 Å². The minimum Gasteiger partial charge on any atom is -0.484 e. The lowest BCUT2D eigenvalue weighted by Gasteiger charge is -2.22. The molecule has 2 rings (SSSR count). The van der Waals surface area contributed by atoms with Crippen LogP contribution in [0.4, 0.5) is 0 Å². The fraction of sp³-hybridized carbons (Fsp3) is 0.500. The lowest BCUT2D eigenvalue weighted by molar-refractivity contribution is -0.122. The molecule has 0 aliphatic heterocycles. The molecule has 1 atom stereocenters. The molecule has 0 bridgehead atoms. The Labute approximate surface area is 108 Å². The van der Waals surface area contributed by atoms with E-state index in [1.54, 1.807) is 0 Å². The first-order valence-electron chi connectivity index (χ1n) is 6.48. The average Bonchev–Trinajstić information content (AvgIpc) is 2.37. The van der Waals surface area contributed by atoms with Gasteiger partial charge < -0.3 is 15.8 Å². The van der Waals surface area contributed by atoms with Crippen LogP contribution in [0.1, 0.15) is 36.9 Å². The molecule has 1 aliphatic rings. The van der Waals surface area contributed by atoms with E-state index in [0.29, 0.717) is 6.54 Å². The number of nitrogens with two attached hydrogens (primary N) is 1. The Balaban J connectivity index is 2.00. The van der Waals surface area contributed by atoms with Gasteiger partial charge in [0, 0.05) is 12.6 Å². The summed E-state index contributed by atoms with van der Waals surface area (Å²) >= 11 is 0. The van der Waals surface area contributed by atoms with E-state index in [-0.39, 0.29) is 18.6 Å². The molecule has 0 heterocycles. The number of carbonyl (C=O) groups excluding carboxylic acids is 1. The highest BCUT2D eigenvalue weighted by molar-refractivity contribution is 5.77. The van der Waals surface area contributed by atoms with Crippen LogP contribution >= 0.6 is 0 Å². The van der Waals surface area contributed by atoms with E-state index in [1.807, 2.05) is 25.1 Å². The first kappa shape index (κ1) is 12.9. The number of hydrogen-bond donors (Lipinski definition) is 2. The van der Waals surface area contributed by atoms with E-state index in [1.165, 1.54) is 11.1 Å². The zero-order chi connectivity index (χ0) is 13.0. The topological polar surface area (TPSA) is 64.3 Å². The molecule has 1 aromatic rings. The molecule has 0 radical (unpaired) electrons. The van der Waals surface area contributed by atoms with Crippen LogP contribution in [0.5, 0.6) is 5.75 Å². The SMILES string of the molecule is CCNC(=O)COc1ccc2c(c1)CCCC2N. The van der Waals surface area contributed by atoms with Crippen molar-refractivity contribution >= 4 is 5.91 Å². The second-order valence-electron chi connectivity index (χ2n) is 4.60. The standard InChI is InChI=1S/C14H20N2O2/c1-2-16-14(17)9-18-11-6-7-12-10(8-11)4-3-5-13(12)15/h6-8,13H,2-5,9,15H2,1H3,(H,16,17). The van der Waals surface area contributed by atoms with Crippen molar-refractivity contribution in [2.75, 3.05) is 13.2 Å². The van der Waals surface area contributed by atoms with Gasteiger partial charge in [0.05, 0.1) is 0 Å². The molecule has 0 saturated heterocycles. The second-order valence-corrected chi connectivity index (χ2v) is 4.60. The Morgan fingerprint density at radius 2 is 2.39 bits per heavy atom. The van der Waals surface area contributed by atoms with E-state index in [0.717, 1.165) is 25.0 Å². The Hall–Kier alpha value is -1.55. The van der Waals surface area contributed by atoms with Gasteiger partial charge in [0.2, 0.25) is 0 Å². The number of carbonyl (C=O) groups is 1. The minimum atomic E-state index is -0.0908. The van der Waals surface area contributed by atoms with Crippen molar-refractivity contribution in [2.45, 2.75) is 32.2 Å². The lowest BCUT2D eigenvalue weighted by atomic mass is 9.88. The van der Waals surface area contributed by atoms with Gasteiger partial charge in [-0.1, -0.05) is 6.07 Å². The molecule has 1 aromatic carbocycles. The van der Waals surface area contributed by atoms with Gasteiger partial charge in [-0.2, -0.15) is 0 Å². The second kappa shape index (κ2) is 5.87. The van der Waals surface area contributed by atoms with Crippen molar-refractivity contribution in [3.8, 4) is 5.75 Å². The monoisotopic (exact) mass is 248 g/mol. The highest BCUT2D eigenvalue weighted by atomic mass is 16.5. The zero-order valence-corrected chi connectivity index (χ0v) is 10.7. The maximum absolute atomic E-state index is 11.3. The Bertz CT molecular complexity index is 432. The fourth-order valence-electron chi connectivity index (χ4n) is 2.32. The van der Waals surface area contributed by atoms with Crippen LogP contribution in [0, 0.1) is 0 Å². The van der Waals surface area contributed by atoms with E-state index >= 15 is 0 Å². The number of nitrogens with one attached hydrogen (secondary N) is 1. The number of rotatable bonds is 4. The van der Waals surface area contributed by atoms with Crippen LogP contribution in [0.2, 0.25) is 0 Å². The zero-order valence-electron chi connectivity index (χ0n) is 10.7. The van der Waals surface area contributed by atoms with Crippen molar-refractivity contribution in [3.63, 3.8) is 0 Å². The highest BCUT2D eigenvalue weighted by Crippen LogP contribution is 2.30. The third kappa shape index (κ3) is 3.01. The molecule has 4 nitrogen and oxygen atoms in total. The Morgan fingerprint density at radius 1 is 1.56 bits per heavy atom. The molecule has 0 spiro atoms. The van der Waals surface area contributed by atoms with Crippen molar-refractivity contribution in [1.82, 2.24) is 5.32 Å². The van der Waals surface area contributed by atoms with Gasteiger partial charge in [-0.3, -0.25) is 4.79 Å². The van der Waals surface area contributed by atoms with Crippen molar-refractivity contribution in [1.29, 1.82) is 0 Å². The fourth-order valence-corrected chi connectivity index (χ4v) is 2.32. The van der Waals surface area contributed by atoms with Crippen molar-refractivity contribution in [3.05, 3.63) is 29.3 Å². The first-order valence-corrected chi connectivity index (χ1v) is 6.48. The summed E-state index contributed by atoms with van der Waals surface area (Å²) in [7, 11) is 0. The summed E-state index contributed by atoms with van der Waals surface area (Å²) in [6.45, 7) is 2.58. The molecule has 1 amide bonds. The first-order chi connectivity index (χ1) is 8.70. The van der Waals surface area contributed by atoms with Gasteiger partial charge in [-0.05, 0) is 49.4 Å². The van der Waals surface area contributed by atoms with Crippen LogP contribution in [0.15, 0.2) is 18.2 Å². The number of aryl methyl sites for hydroxylation is 1. The molecule has 3 N–H and O–H groups in total. The number of amides is 1. The van der Waals surface area contributed by atoms with Crippen LogP contribution in [-0.4, -0.2) is 19.1 Å². The molecular formula is C14H20N2O2. The lowest BCUT2D eigenvalue weighted by Crippen LogP contribution is -2.28. The number of fused-ring (bicyclic) bond motifs is 1. The van der Waals surface area contributed by atoms with Crippen LogP contribution in [0.3, 0.4) is 0 Å². The highest BCUT2D eigenvalue weighted by Gasteiger charge is 2.17. The predicted molar refractivity (Wildman–Crippen MR) is 70.5 cm³/mol. The van der Waals surface area contributed by atoms with Gasteiger partial charge in [0.15, 0.2) is 6.61 Å². The van der Waals surface area contributed by atoms with Gasteiger partial charge in [-0.25, -0.2) is 0 Å². The Kier molecular flexibility index (Phi) is 4.20. The van der Waals surface area contributed by atoms with Gasteiger partial charge in [-0.15, -0.1) is 0 Å². The summed E-state index contributed by atoms with van der Waals surface area (Å²) in [5.41, 5.74) is 8.52. The van der Waals surface area contributed by atoms with Crippen molar-refractivity contribution in [2.24, 2.45) is 5.73 Å². The largest absolute Gasteiger partial charge is 0.484 e. The number of likely N-dealkylation sites (N-methyl/N-ethyl adjacent to an activating group) is 1. The molecule has 1 unspecified atom stereocenters. The normalized spacial score (nSPS) is 18.0. The molecule has 1 aliphatic carbocycles. The maximum Gasteiger partial charge on any atom is 0.257 e. The predicted octanol–water partition coefficient (Wildman–Crippen LogP) is 1.54. The summed E-state index contributed by atoms with van der Waals surface area (Å²) in [5, 5.41) is 2.70. The number of hydrogen-bond acceptors (Lipinski definition) is 3. The van der Waals surface area contributed by atoms with E-state index in [4.69, 9.17) is 10.5 Å². The Morgan fingerprint density at radius 3 is 3.17 bits per heavy atom. The molecular weight excluding hydrogens is 228 g/mol. The van der Waals surface area contributed by atoms with E-state index in [9.17, 15) is 4.79 Å². The van der Waals surface area contributed by atoms with Crippen LogP contribution in [-0.2, 0) is 11.2 Å². The third-order valence-electron chi connectivity index (χ3n) is 3.22. The van der Waals surface area contributed by atoms with Crippen molar-refractivity contribution < 1.29 is 9.53 Å². The molecule has 18 heavy (non-hydrogen) atoms. The summed E-state index contributed by atoms with van der Waals surface area (Å²) in [4.78, 5) is 11.3. The molecule has 0 saturated carbocycles. The summed E-state index contributed by atoms with van der Waals surface area (Å²) in [6.07, 6.45) is 3.21. The summed E-state index contributed by atoms with van der Waals surface area (Å²) in [5.74, 6) is 0.654. The summed E-state index contributed by atoms with van der Waals surface area (Å²) < 4.78 is 5.47. The minimum absolute atomic E-state index is 0.0681. The third-order valence-corrected chi connectivity index (χ3v) is 3.22. The summed E-state index contributed by atoms with van der Waals surface area (Å²) in [6, 6.07) is 6.06. The van der Waals surface area contributed by atoms with E-state index < -0.39 is 0 Å². The molecule has 4 heteroatoms. The smallest absolute Gasteiger partial charge is 0.257 e. The molecule has 98 valence electrons. The van der Waals surface area contributed by atoms with E-state index in [2.05, 4.69) is 5.32 Å². The number of benzene rings is 1. The van der Waals surface area contributed by atoms with Crippen LogP contribution < -0.4 is 15.8 Å². The van der Waals surface area contributed by atoms with Crippen LogP contribution in [0.25, 0.3) is 0 Å². The number of ether oxygens (including phenoxy) is 1. The quantitative estimate of drug-likeness (QED) is 0.849. The average molecular weight is 248 g/mol. The maximum atomic E-state index is 11.3. The van der Waals surface area contributed by atoms with Gasteiger partial charge in [0.25, 0.3) is 5.91 Å². The van der Waals surface area contributed by atoms with Gasteiger partial charge >= 0.3 is 0 Å².